The fraction of sp³-hybridized carbons (Fsp3) is 0.455. The Morgan fingerprint density at radius 1 is 1.29 bits per heavy atom. The first-order valence-electron chi connectivity index (χ1n) is 4.96. The first-order valence-corrected chi connectivity index (χ1v) is 6.32. The van der Waals surface area contributed by atoms with E-state index < -0.39 is 10.4 Å². The molecule has 0 fully saturated rings. The van der Waals surface area contributed by atoms with Gasteiger partial charge in [-0.2, -0.15) is 8.42 Å². The van der Waals surface area contributed by atoms with E-state index in [-0.39, 0.29) is 5.54 Å². The van der Waals surface area contributed by atoms with Gasteiger partial charge in [-0.25, -0.2) is 0 Å². The van der Waals surface area contributed by atoms with Crippen molar-refractivity contribution in [3.63, 3.8) is 0 Å². The van der Waals surface area contributed by atoms with E-state index in [1.54, 1.807) is 0 Å². The number of nitrogens with two attached hydrogens (primary N) is 1. The van der Waals surface area contributed by atoms with Crippen LogP contribution in [-0.2, 0) is 20.1 Å². The van der Waals surface area contributed by atoms with Crippen molar-refractivity contribution in [3.05, 3.63) is 35.4 Å². The first kappa shape index (κ1) is 16.1. The van der Waals surface area contributed by atoms with E-state index in [4.69, 9.17) is 10.3 Å². The largest absolute Gasteiger partial charge is 0.397 e. The Hall–Kier alpha value is -0.950. The molecule has 0 aliphatic carbocycles. The van der Waals surface area contributed by atoms with Crippen molar-refractivity contribution in [1.29, 1.82) is 0 Å². The van der Waals surface area contributed by atoms with Crippen LogP contribution in [0.4, 0.5) is 0 Å². The Balaban J connectivity index is 0.000000366. The zero-order chi connectivity index (χ0) is 13.7. The molecule has 0 saturated heterocycles. The summed E-state index contributed by atoms with van der Waals surface area (Å²) in [5, 5.41) is 0. The minimum absolute atomic E-state index is 0.217. The van der Waals surface area contributed by atoms with Crippen LogP contribution in [0.2, 0.25) is 0 Å². The summed E-state index contributed by atoms with van der Waals surface area (Å²) in [6.45, 7) is 6.13. The molecule has 5 nitrogen and oxygen atoms in total. The normalized spacial score (nSPS) is 11.6. The summed E-state index contributed by atoms with van der Waals surface area (Å²) in [6.07, 6.45) is 0. The Morgan fingerprint density at radius 3 is 1.94 bits per heavy atom. The topological polar surface area (TPSA) is 89.6 Å². The monoisotopic (exact) mass is 261 g/mol. The molecule has 0 atom stereocenters. The van der Waals surface area contributed by atoms with Crippen LogP contribution in [0.1, 0.15) is 25.0 Å². The van der Waals surface area contributed by atoms with Crippen molar-refractivity contribution < 1.29 is 17.2 Å². The second-order valence-electron chi connectivity index (χ2n) is 4.13. The zero-order valence-corrected chi connectivity index (χ0v) is 11.3. The summed E-state index contributed by atoms with van der Waals surface area (Å²) in [5.41, 5.74) is 8.23. The van der Waals surface area contributed by atoms with Crippen LogP contribution in [0.25, 0.3) is 0 Å². The molecule has 1 aromatic carbocycles. The van der Waals surface area contributed by atoms with Crippen molar-refractivity contribution in [1.82, 2.24) is 0 Å². The molecule has 1 rings (SSSR count). The molecular formula is C11H19NO4S. The minimum atomic E-state index is -4.16. The van der Waals surface area contributed by atoms with E-state index in [1.165, 1.54) is 11.1 Å². The van der Waals surface area contributed by atoms with Crippen molar-refractivity contribution in [3.8, 4) is 0 Å². The quantitative estimate of drug-likeness (QED) is 0.790. The Kier molecular flexibility index (Phi) is 5.77. The van der Waals surface area contributed by atoms with E-state index >= 15 is 0 Å². The Bertz CT molecular complexity index is 449. The third-order valence-corrected chi connectivity index (χ3v) is 2.47. The average molecular weight is 261 g/mol. The van der Waals surface area contributed by atoms with Gasteiger partial charge in [0.15, 0.2) is 0 Å². The fourth-order valence-corrected chi connectivity index (χ4v) is 1.30. The lowest BCUT2D eigenvalue weighted by Crippen LogP contribution is -2.29. The molecule has 0 bridgehead atoms. The number of benzene rings is 1. The molecule has 0 spiro atoms. The van der Waals surface area contributed by atoms with E-state index in [1.807, 2.05) is 26.0 Å². The van der Waals surface area contributed by atoms with Crippen molar-refractivity contribution >= 4 is 10.4 Å². The Morgan fingerprint density at radius 2 is 1.71 bits per heavy atom. The van der Waals surface area contributed by atoms with Crippen LogP contribution >= 0.6 is 0 Å². The molecule has 1 aromatic rings. The van der Waals surface area contributed by atoms with Gasteiger partial charge in [0.25, 0.3) is 0 Å². The number of hydrogen-bond acceptors (Lipinski definition) is 4. The fourth-order valence-electron chi connectivity index (χ4n) is 1.30. The summed E-state index contributed by atoms with van der Waals surface area (Å²) < 4.78 is 29.7. The predicted octanol–water partition coefficient (Wildman–Crippen LogP) is 1.62. The van der Waals surface area contributed by atoms with Gasteiger partial charge in [-0.15, -0.1) is 0 Å². The molecule has 0 heterocycles. The van der Waals surface area contributed by atoms with E-state index in [0.717, 1.165) is 7.11 Å². The smallest absolute Gasteiger partial charge is 0.322 e. The van der Waals surface area contributed by atoms with Gasteiger partial charge in [-0.1, -0.05) is 24.3 Å². The van der Waals surface area contributed by atoms with Crippen molar-refractivity contribution in [2.24, 2.45) is 5.73 Å². The number of hydrogen-bond donors (Lipinski definition) is 2. The van der Waals surface area contributed by atoms with Crippen LogP contribution in [0.15, 0.2) is 24.3 Å². The molecule has 6 heteroatoms. The molecule has 0 amide bonds. The minimum Gasteiger partial charge on any atom is -0.322 e. The van der Waals surface area contributed by atoms with Crippen LogP contribution in [0.3, 0.4) is 0 Å². The van der Waals surface area contributed by atoms with Gasteiger partial charge in [0.05, 0.1) is 7.11 Å². The molecule has 0 radical (unpaired) electrons. The van der Waals surface area contributed by atoms with E-state index in [2.05, 4.69) is 23.2 Å². The summed E-state index contributed by atoms with van der Waals surface area (Å²) in [6, 6.07) is 8.22. The average Bonchev–Trinajstić information content (AvgIpc) is 2.16. The van der Waals surface area contributed by atoms with Crippen LogP contribution in [0.5, 0.6) is 0 Å². The lowest BCUT2D eigenvalue weighted by Gasteiger charge is -2.21. The molecule has 0 aromatic heterocycles. The highest BCUT2D eigenvalue weighted by Gasteiger charge is 2.14. The first-order chi connectivity index (χ1) is 7.58. The van der Waals surface area contributed by atoms with Crippen LogP contribution < -0.4 is 5.73 Å². The van der Waals surface area contributed by atoms with Crippen LogP contribution in [-0.4, -0.2) is 20.1 Å². The van der Waals surface area contributed by atoms with Gasteiger partial charge in [-0.3, -0.25) is 8.74 Å². The molecule has 0 unspecified atom stereocenters. The van der Waals surface area contributed by atoms with Gasteiger partial charge in [0, 0.05) is 5.54 Å². The highest BCUT2D eigenvalue weighted by molar-refractivity contribution is 7.80. The third kappa shape index (κ3) is 7.06. The third-order valence-electron chi connectivity index (χ3n) is 2.05. The molecule has 98 valence electrons. The summed E-state index contributed by atoms with van der Waals surface area (Å²) in [4.78, 5) is 0. The van der Waals surface area contributed by atoms with Gasteiger partial charge in [-0.05, 0) is 31.9 Å². The highest BCUT2D eigenvalue weighted by Crippen LogP contribution is 2.19. The number of aryl methyl sites for hydroxylation is 1. The molecule has 0 saturated carbocycles. The second-order valence-corrected chi connectivity index (χ2v) is 5.32. The second kappa shape index (κ2) is 6.11. The zero-order valence-electron chi connectivity index (χ0n) is 10.5. The SMILES string of the molecule is COS(=O)(=O)O.Cc1ccccc1C(C)(C)N. The number of rotatable bonds is 2. The molecular weight excluding hydrogens is 242 g/mol. The van der Waals surface area contributed by atoms with Gasteiger partial charge >= 0.3 is 10.4 Å². The van der Waals surface area contributed by atoms with Crippen molar-refractivity contribution in [2.45, 2.75) is 26.3 Å². The molecule has 0 aliphatic heterocycles. The van der Waals surface area contributed by atoms with Crippen molar-refractivity contribution in [2.75, 3.05) is 7.11 Å². The maximum atomic E-state index is 9.33. The summed E-state index contributed by atoms with van der Waals surface area (Å²) in [7, 11) is -3.29. The molecule has 17 heavy (non-hydrogen) atoms. The molecule has 3 N–H and O–H groups in total. The molecule has 0 aliphatic rings. The highest BCUT2D eigenvalue weighted by atomic mass is 32.3. The van der Waals surface area contributed by atoms with Gasteiger partial charge in [0.1, 0.15) is 0 Å². The van der Waals surface area contributed by atoms with Gasteiger partial charge in [0.2, 0.25) is 0 Å². The summed E-state index contributed by atoms with van der Waals surface area (Å²) >= 11 is 0. The van der Waals surface area contributed by atoms with E-state index in [0.29, 0.717) is 0 Å². The van der Waals surface area contributed by atoms with Gasteiger partial charge < -0.3 is 5.73 Å². The standard InChI is InChI=1S/C10H15N.CH4O4S/c1-8-6-4-5-7-9(8)10(2,3)11;1-5-6(2,3)4/h4-7H,11H2,1-3H3;1H3,(H,2,3,4). The van der Waals surface area contributed by atoms with Crippen LogP contribution in [0, 0.1) is 6.92 Å². The predicted molar refractivity (Wildman–Crippen MR) is 67.0 cm³/mol. The van der Waals surface area contributed by atoms with E-state index in [9.17, 15) is 8.42 Å². The lowest BCUT2D eigenvalue weighted by atomic mass is 9.92. The lowest BCUT2D eigenvalue weighted by molar-refractivity contribution is 0.324. The Labute approximate surface area is 103 Å². The summed E-state index contributed by atoms with van der Waals surface area (Å²) in [5.74, 6) is 0. The maximum Gasteiger partial charge on any atom is 0.397 e. The maximum absolute atomic E-state index is 9.33.